The maximum Gasteiger partial charge on any atom is 0.243 e. The Morgan fingerprint density at radius 2 is 1.93 bits per heavy atom. The first-order chi connectivity index (χ1) is 14.4. The maximum atomic E-state index is 13.0. The van der Waals surface area contributed by atoms with Crippen LogP contribution in [0.5, 0.6) is 0 Å². The van der Waals surface area contributed by atoms with Crippen LogP contribution in [0, 0.1) is 0 Å². The SMILES string of the molecule is O=C(CN1CCC[C@H]1c1cccs1)Nc1cc(S(=O)(=O)N2CCCCC2)ccc1Cl. The van der Waals surface area contributed by atoms with Crippen LogP contribution in [0.15, 0.2) is 40.6 Å². The van der Waals surface area contributed by atoms with Crippen LogP contribution >= 0.6 is 22.9 Å². The zero-order valence-electron chi connectivity index (χ0n) is 16.7. The van der Waals surface area contributed by atoms with E-state index in [-0.39, 0.29) is 23.4 Å². The quantitative estimate of drug-likeness (QED) is 0.685. The zero-order valence-corrected chi connectivity index (χ0v) is 19.1. The molecular formula is C21H26ClN3O3S2. The number of nitrogens with one attached hydrogen (secondary N) is 1. The van der Waals surface area contributed by atoms with Gasteiger partial charge in [0.25, 0.3) is 0 Å². The van der Waals surface area contributed by atoms with Gasteiger partial charge in [0.15, 0.2) is 0 Å². The third-order valence-corrected chi connectivity index (χ3v) is 8.94. The average Bonchev–Trinajstić information content (AvgIpc) is 3.42. The van der Waals surface area contributed by atoms with Gasteiger partial charge in [0.1, 0.15) is 0 Å². The number of hydrogen-bond acceptors (Lipinski definition) is 5. The van der Waals surface area contributed by atoms with Crippen LogP contribution in [-0.4, -0.2) is 49.7 Å². The molecule has 2 aromatic rings. The highest BCUT2D eigenvalue weighted by molar-refractivity contribution is 7.89. The van der Waals surface area contributed by atoms with Crippen LogP contribution in [0.3, 0.4) is 0 Å². The van der Waals surface area contributed by atoms with Gasteiger partial charge in [-0.15, -0.1) is 11.3 Å². The monoisotopic (exact) mass is 467 g/mol. The molecule has 1 aromatic carbocycles. The molecule has 162 valence electrons. The molecule has 9 heteroatoms. The molecule has 0 spiro atoms. The molecule has 1 amide bonds. The summed E-state index contributed by atoms with van der Waals surface area (Å²) < 4.78 is 27.4. The van der Waals surface area contributed by atoms with E-state index < -0.39 is 10.0 Å². The van der Waals surface area contributed by atoms with E-state index in [2.05, 4.69) is 21.7 Å². The predicted molar refractivity (Wildman–Crippen MR) is 121 cm³/mol. The summed E-state index contributed by atoms with van der Waals surface area (Å²) in [6, 6.07) is 8.93. The Morgan fingerprint density at radius 3 is 2.67 bits per heavy atom. The molecule has 2 fully saturated rings. The summed E-state index contributed by atoms with van der Waals surface area (Å²) in [6.45, 7) is 2.19. The first-order valence-electron chi connectivity index (χ1n) is 10.3. The number of sulfonamides is 1. The van der Waals surface area contributed by atoms with E-state index in [4.69, 9.17) is 11.6 Å². The normalized spacial score (nSPS) is 21.0. The van der Waals surface area contributed by atoms with Crippen molar-refractivity contribution in [2.75, 3.05) is 31.5 Å². The minimum Gasteiger partial charge on any atom is -0.324 e. The van der Waals surface area contributed by atoms with Crippen LogP contribution < -0.4 is 5.32 Å². The first-order valence-corrected chi connectivity index (χ1v) is 13.0. The topological polar surface area (TPSA) is 69.7 Å². The Balaban J connectivity index is 1.46. The fourth-order valence-electron chi connectivity index (χ4n) is 4.21. The first kappa shape index (κ1) is 21.8. The van der Waals surface area contributed by atoms with Gasteiger partial charge in [-0.25, -0.2) is 8.42 Å². The number of thiophene rings is 1. The summed E-state index contributed by atoms with van der Waals surface area (Å²) in [7, 11) is -3.58. The number of piperidine rings is 1. The van der Waals surface area contributed by atoms with Gasteiger partial charge in [0.2, 0.25) is 15.9 Å². The molecular weight excluding hydrogens is 442 g/mol. The number of nitrogens with zero attached hydrogens (tertiary/aromatic N) is 2. The zero-order chi connectivity index (χ0) is 21.1. The summed E-state index contributed by atoms with van der Waals surface area (Å²) in [4.78, 5) is 16.3. The number of anilines is 1. The lowest BCUT2D eigenvalue weighted by atomic mass is 10.2. The van der Waals surface area contributed by atoms with E-state index >= 15 is 0 Å². The largest absolute Gasteiger partial charge is 0.324 e. The molecule has 3 heterocycles. The van der Waals surface area contributed by atoms with E-state index in [1.807, 2.05) is 6.07 Å². The molecule has 0 radical (unpaired) electrons. The number of amides is 1. The minimum atomic E-state index is -3.58. The molecule has 1 N–H and O–H groups in total. The third-order valence-electron chi connectivity index (χ3n) is 5.75. The van der Waals surface area contributed by atoms with Gasteiger partial charge in [0, 0.05) is 24.0 Å². The van der Waals surface area contributed by atoms with Gasteiger partial charge in [0.05, 0.1) is 22.2 Å². The molecule has 2 aliphatic rings. The Bertz CT molecular complexity index is 989. The van der Waals surface area contributed by atoms with E-state index in [9.17, 15) is 13.2 Å². The lowest BCUT2D eigenvalue weighted by Gasteiger charge is -2.26. The van der Waals surface area contributed by atoms with Crippen molar-refractivity contribution in [1.29, 1.82) is 0 Å². The molecule has 1 atom stereocenters. The fraction of sp³-hybridized carbons (Fsp3) is 0.476. The highest BCUT2D eigenvalue weighted by Crippen LogP contribution is 2.34. The second-order valence-electron chi connectivity index (χ2n) is 7.80. The summed E-state index contributed by atoms with van der Waals surface area (Å²) in [6.07, 6.45) is 4.89. The number of likely N-dealkylation sites (tertiary alicyclic amines) is 1. The summed E-state index contributed by atoms with van der Waals surface area (Å²) >= 11 is 7.98. The Hall–Kier alpha value is -1.45. The molecule has 1 aromatic heterocycles. The van der Waals surface area contributed by atoms with Gasteiger partial charge in [-0.1, -0.05) is 24.1 Å². The number of carbonyl (C=O) groups is 1. The lowest BCUT2D eigenvalue weighted by molar-refractivity contribution is -0.117. The predicted octanol–water partition coefficient (Wildman–Crippen LogP) is 4.35. The maximum absolute atomic E-state index is 13.0. The molecule has 0 aliphatic carbocycles. The number of hydrogen-bond donors (Lipinski definition) is 1. The number of rotatable bonds is 6. The van der Waals surface area contributed by atoms with E-state index in [0.29, 0.717) is 23.8 Å². The van der Waals surface area contributed by atoms with Crippen molar-refractivity contribution in [2.24, 2.45) is 0 Å². The van der Waals surface area contributed by atoms with E-state index in [1.165, 1.54) is 27.4 Å². The van der Waals surface area contributed by atoms with Gasteiger partial charge in [-0.05, 0) is 61.9 Å². The van der Waals surface area contributed by atoms with Crippen molar-refractivity contribution in [1.82, 2.24) is 9.21 Å². The molecule has 0 bridgehead atoms. The fourth-order valence-corrected chi connectivity index (χ4v) is 6.81. The van der Waals surface area contributed by atoms with E-state index in [0.717, 1.165) is 38.6 Å². The molecule has 2 aliphatic heterocycles. The van der Waals surface area contributed by atoms with Crippen molar-refractivity contribution in [2.45, 2.75) is 43.0 Å². The summed E-state index contributed by atoms with van der Waals surface area (Å²) in [5.41, 5.74) is 0.339. The number of halogens is 1. The minimum absolute atomic E-state index is 0.168. The average molecular weight is 468 g/mol. The molecule has 2 saturated heterocycles. The Kier molecular flexibility index (Phi) is 6.79. The van der Waals surface area contributed by atoms with Gasteiger partial charge in [-0.3, -0.25) is 9.69 Å². The molecule has 30 heavy (non-hydrogen) atoms. The van der Waals surface area contributed by atoms with Crippen molar-refractivity contribution in [3.8, 4) is 0 Å². The second kappa shape index (κ2) is 9.36. The van der Waals surface area contributed by atoms with Gasteiger partial charge >= 0.3 is 0 Å². The molecule has 0 saturated carbocycles. The smallest absolute Gasteiger partial charge is 0.243 e. The lowest BCUT2D eigenvalue weighted by Crippen LogP contribution is -2.35. The molecule has 4 rings (SSSR count). The standard InChI is InChI=1S/C21H26ClN3O3S2/c22-17-9-8-16(30(27,28)25-11-2-1-3-12-25)14-18(17)23-21(26)15-24-10-4-6-19(24)20-7-5-13-29-20/h5,7-9,13-14,19H,1-4,6,10-12,15H2,(H,23,26)/t19-/m0/s1. The summed E-state index contributed by atoms with van der Waals surface area (Å²) in [5, 5.41) is 5.21. The van der Waals surface area contributed by atoms with Crippen molar-refractivity contribution in [3.63, 3.8) is 0 Å². The highest BCUT2D eigenvalue weighted by Gasteiger charge is 2.29. The Morgan fingerprint density at radius 1 is 1.13 bits per heavy atom. The van der Waals surface area contributed by atoms with Crippen LogP contribution in [0.1, 0.15) is 43.0 Å². The van der Waals surface area contributed by atoms with Crippen LogP contribution in [-0.2, 0) is 14.8 Å². The third kappa shape index (κ3) is 4.73. The molecule has 6 nitrogen and oxygen atoms in total. The van der Waals surface area contributed by atoms with Gasteiger partial charge < -0.3 is 5.32 Å². The number of carbonyl (C=O) groups excluding carboxylic acids is 1. The number of benzene rings is 1. The highest BCUT2D eigenvalue weighted by atomic mass is 35.5. The van der Waals surface area contributed by atoms with Crippen LogP contribution in [0.2, 0.25) is 5.02 Å². The van der Waals surface area contributed by atoms with Crippen LogP contribution in [0.4, 0.5) is 5.69 Å². The van der Waals surface area contributed by atoms with Crippen LogP contribution in [0.25, 0.3) is 0 Å². The molecule has 0 unspecified atom stereocenters. The van der Waals surface area contributed by atoms with Gasteiger partial charge in [-0.2, -0.15) is 4.31 Å². The van der Waals surface area contributed by atoms with Crippen molar-refractivity contribution < 1.29 is 13.2 Å². The van der Waals surface area contributed by atoms with Crippen molar-refractivity contribution >= 4 is 44.6 Å². The van der Waals surface area contributed by atoms with E-state index in [1.54, 1.807) is 11.3 Å². The summed E-state index contributed by atoms with van der Waals surface area (Å²) in [5.74, 6) is -0.187. The second-order valence-corrected chi connectivity index (χ2v) is 11.1. The van der Waals surface area contributed by atoms with Crippen molar-refractivity contribution in [3.05, 3.63) is 45.6 Å². The Labute approximate surface area is 186 Å².